The van der Waals surface area contributed by atoms with Crippen LogP contribution in [0.25, 0.3) is 0 Å². The molecule has 1 heteroatoms. The molecular weight excluding hydrogens is 208 g/mol. The topological polar surface area (TPSA) is 17.1 Å². The summed E-state index contributed by atoms with van der Waals surface area (Å²) in [7, 11) is 0. The van der Waals surface area contributed by atoms with Crippen LogP contribution in [-0.2, 0) is 0 Å². The number of rotatable bonds is 4. The predicted molar refractivity (Wildman–Crippen MR) is 73.2 cm³/mol. The summed E-state index contributed by atoms with van der Waals surface area (Å²) in [5, 5.41) is 0. The van der Waals surface area contributed by atoms with E-state index in [1.54, 1.807) is 6.08 Å². The quantitative estimate of drug-likeness (QED) is 0.426. The van der Waals surface area contributed by atoms with Gasteiger partial charge in [-0.15, -0.1) is 0 Å². The van der Waals surface area contributed by atoms with Crippen LogP contribution in [0.3, 0.4) is 0 Å². The van der Waals surface area contributed by atoms with Crippen LogP contribution in [0.15, 0.2) is 60.2 Å². The second-order valence-electron chi connectivity index (χ2n) is 4.21. The average Bonchev–Trinajstić information content (AvgIpc) is 2.29. The fourth-order valence-electron chi connectivity index (χ4n) is 1.48. The molecule has 88 valence electrons. The van der Waals surface area contributed by atoms with Crippen molar-refractivity contribution in [2.75, 3.05) is 0 Å². The molecule has 0 atom stereocenters. The van der Waals surface area contributed by atoms with Gasteiger partial charge in [-0.2, -0.15) is 0 Å². The van der Waals surface area contributed by atoms with E-state index in [1.807, 2.05) is 57.2 Å². The molecule has 0 aliphatic carbocycles. The minimum absolute atomic E-state index is 0.0237. The average molecular weight is 226 g/mol. The number of allylic oxidation sites excluding steroid dienone is 5. The number of ketones is 1. The third kappa shape index (κ3) is 3.56. The zero-order valence-electron chi connectivity index (χ0n) is 10.7. The molecule has 0 fully saturated rings. The van der Waals surface area contributed by atoms with Crippen molar-refractivity contribution in [2.24, 2.45) is 0 Å². The van der Waals surface area contributed by atoms with Gasteiger partial charge in [0.15, 0.2) is 5.78 Å². The number of hydrogen-bond acceptors (Lipinski definition) is 1. The first-order valence-electron chi connectivity index (χ1n) is 5.64. The first-order valence-corrected chi connectivity index (χ1v) is 5.64. The third-order valence-corrected chi connectivity index (χ3v) is 2.47. The summed E-state index contributed by atoms with van der Waals surface area (Å²) in [6.07, 6.45) is 5.35. The van der Waals surface area contributed by atoms with Crippen LogP contribution in [0, 0.1) is 6.92 Å². The molecule has 0 aliphatic rings. The first kappa shape index (κ1) is 13.2. The summed E-state index contributed by atoms with van der Waals surface area (Å²) >= 11 is 0. The molecule has 0 aliphatic heterocycles. The monoisotopic (exact) mass is 226 g/mol. The van der Waals surface area contributed by atoms with Gasteiger partial charge in [0.2, 0.25) is 0 Å². The van der Waals surface area contributed by atoms with Crippen LogP contribution in [0.5, 0.6) is 0 Å². The van der Waals surface area contributed by atoms with Gasteiger partial charge in [0, 0.05) is 11.1 Å². The van der Waals surface area contributed by atoms with E-state index in [9.17, 15) is 4.79 Å². The van der Waals surface area contributed by atoms with Gasteiger partial charge in [-0.1, -0.05) is 54.6 Å². The van der Waals surface area contributed by atoms with Gasteiger partial charge in [0.05, 0.1) is 0 Å². The Morgan fingerprint density at radius 2 is 1.82 bits per heavy atom. The van der Waals surface area contributed by atoms with Crippen molar-refractivity contribution in [2.45, 2.75) is 20.8 Å². The fraction of sp³-hybridized carbons (Fsp3) is 0.188. The van der Waals surface area contributed by atoms with Crippen LogP contribution in [0.1, 0.15) is 29.8 Å². The van der Waals surface area contributed by atoms with Crippen molar-refractivity contribution in [3.63, 3.8) is 0 Å². The highest BCUT2D eigenvalue weighted by atomic mass is 16.1. The van der Waals surface area contributed by atoms with E-state index in [0.29, 0.717) is 5.57 Å². The molecule has 17 heavy (non-hydrogen) atoms. The minimum Gasteiger partial charge on any atom is -0.289 e. The second-order valence-corrected chi connectivity index (χ2v) is 4.21. The van der Waals surface area contributed by atoms with Crippen molar-refractivity contribution in [1.29, 1.82) is 0 Å². The maximum absolute atomic E-state index is 12.2. The molecule has 0 spiro atoms. The van der Waals surface area contributed by atoms with Crippen molar-refractivity contribution in [3.8, 4) is 0 Å². The molecule has 0 unspecified atom stereocenters. The van der Waals surface area contributed by atoms with Crippen LogP contribution >= 0.6 is 0 Å². The van der Waals surface area contributed by atoms with Crippen LogP contribution < -0.4 is 0 Å². The standard InChI is InChI=1S/C16H18O/c1-5-14(11-10-12(2)3)16(17)15-9-7-6-8-13(15)4/h5-11H,1H2,2-4H3/b14-11+. The number of carbonyl (C=O) groups excluding carboxylic acids is 1. The summed E-state index contributed by atoms with van der Waals surface area (Å²) < 4.78 is 0. The zero-order valence-corrected chi connectivity index (χ0v) is 10.7. The molecule has 1 aromatic carbocycles. The Kier molecular flexibility index (Phi) is 4.65. The second kappa shape index (κ2) is 6.00. The molecule has 0 aromatic heterocycles. The maximum Gasteiger partial charge on any atom is 0.193 e. The van der Waals surface area contributed by atoms with Gasteiger partial charge in [0.25, 0.3) is 0 Å². The highest BCUT2D eigenvalue weighted by Crippen LogP contribution is 2.14. The summed E-state index contributed by atoms with van der Waals surface area (Å²) in [6, 6.07) is 7.59. The smallest absolute Gasteiger partial charge is 0.193 e. The molecule has 0 saturated heterocycles. The predicted octanol–water partition coefficient (Wildman–Crippen LogP) is 4.26. The Bertz CT molecular complexity index is 486. The van der Waals surface area contributed by atoms with Crippen LogP contribution in [-0.4, -0.2) is 5.78 Å². The molecule has 0 bridgehead atoms. The van der Waals surface area contributed by atoms with E-state index in [-0.39, 0.29) is 5.78 Å². The lowest BCUT2D eigenvalue weighted by molar-refractivity contribution is 0.103. The lowest BCUT2D eigenvalue weighted by atomic mass is 9.98. The number of aryl methyl sites for hydroxylation is 1. The summed E-state index contributed by atoms with van der Waals surface area (Å²) in [5.41, 5.74) is 3.51. The molecule has 0 saturated carbocycles. The Morgan fingerprint density at radius 1 is 1.18 bits per heavy atom. The molecule has 1 aromatic rings. The lowest BCUT2D eigenvalue weighted by Gasteiger charge is -2.04. The van der Waals surface area contributed by atoms with Crippen LogP contribution in [0.2, 0.25) is 0 Å². The van der Waals surface area contributed by atoms with Gasteiger partial charge in [-0.25, -0.2) is 0 Å². The highest BCUT2D eigenvalue weighted by Gasteiger charge is 2.10. The number of Topliss-reactive ketones (excluding diaryl/α,β-unsaturated/α-hetero) is 1. The normalized spacial score (nSPS) is 10.9. The van der Waals surface area contributed by atoms with E-state index in [4.69, 9.17) is 0 Å². The lowest BCUT2D eigenvalue weighted by Crippen LogP contribution is -2.03. The van der Waals surface area contributed by atoms with Crippen molar-refractivity contribution >= 4 is 5.78 Å². The Morgan fingerprint density at radius 3 is 2.35 bits per heavy atom. The van der Waals surface area contributed by atoms with E-state index in [2.05, 4.69) is 6.58 Å². The molecule has 1 nitrogen and oxygen atoms in total. The number of carbonyl (C=O) groups is 1. The zero-order chi connectivity index (χ0) is 12.8. The van der Waals surface area contributed by atoms with Gasteiger partial charge >= 0.3 is 0 Å². The Balaban J connectivity index is 3.11. The SMILES string of the molecule is C=C/C(=C\C=C(C)C)C(=O)c1ccccc1C. The molecule has 0 N–H and O–H groups in total. The molecular formula is C16H18O. The third-order valence-electron chi connectivity index (χ3n) is 2.47. The van der Waals surface area contributed by atoms with Gasteiger partial charge in [-0.05, 0) is 26.3 Å². The highest BCUT2D eigenvalue weighted by molar-refractivity contribution is 6.11. The maximum atomic E-state index is 12.2. The van der Waals surface area contributed by atoms with Gasteiger partial charge in [0.1, 0.15) is 0 Å². The van der Waals surface area contributed by atoms with E-state index >= 15 is 0 Å². The van der Waals surface area contributed by atoms with E-state index in [1.165, 1.54) is 0 Å². The molecule has 1 rings (SSSR count). The largest absolute Gasteiger partial charge is 0.289 e. The van der Waals surface area contributed by atoms with Crippen LogP contribution in [0.4, 0.5) is 0 Å². The molecule has 0 radical (unpaired) electrons. The molecule has 0 heterocycles. The van der Waals surface area contributed by atoms with E-state index in [0.717, 1.165) is 16.7 Å². The number of hydrogen-bond donors (Lipinski definition) is 0. The first-order chi connectivity index (χ1) is 8.06. The van der Waals surface area contributed by atoms with Gasteiger partial charge in [-0.3, -0.25) is 4.79 Å². The summed E-state index contributed by atoms with van der Waals surface area (Å²) in [4.78, 5) is 12.2. The van der Waals surface area contributed by atoms with E-state index < -0.39 is 0 Å². The summed E-state index contributed by atoms with van der Waals surface area (Å²) in [6.45, 7) is 9.63. The fourth-order valence-corrected chi connectivity index (χ4v) is 1.48. The van der Waals surface area contributed by atoms with Crippen molar-refractivity contribution < 1.29 is 4.79 Å². The Labute approximate surface area is 103 Å². The molecule has 0 amide bonds. The number of benzene rings is 1. The Hall–Kier alpha value is -1.89. The van der Waals surface area contributed by atoms with Crippen molar-refractivity contribution in [1.82, 2.24) is 0 Å². The van der Waals surface area contributed by atoms with Crippen molar-refractivity contribution in [3.05, 3.63) is 71.3 Å². The minimum atomic E-state index is 0.0237. The summed E-state index contributed by atoms with van der Waals surface area (Å²) in [5.74, 6) is 0.0237. The van der Waals surface area contributed by atoms with Gasteiger partial charge < -0.3 is 0 Å².